The second-order valence-corrected chi connectivity index (χ2v) is 6.83. The van der Waals surface area contributed by atoms with Gasteiger partial charge in [0, 0.05) is 5.56 Å². The molecule has 0 saturated heterocycles. The molecule has 1 atom stereocenters. The molecule has 0 amide bonds. The highest BCUT2D eigenvalue weighted by molar-refractivity contribution is 7.86. The van der Waals surface area contributed by atoms with Crippen molar-refractivity contribution in [2.45, 2.75) is 17.9 Å². The average molecular weight is 340 g/mol. The fraction of sp³-hybridized carbons (Fsp3) is 0.111. The van der Waals surface area contributed by atoms with Crippen LogP contribution >= 0.6 is 0 Å². The number of benzene rings is 2. The monoisotopic (exact) mass is 340 g/mol. The quantitative estimate of drug-likeness (QED) is 0.568. The maximum absolute atomic E-state index is 12.3. The number of imidazole rings is 1. The first-order valence-electron chi connectivity index (χ1n) is 7.34. The Kier molecular flexibility index (Phi) is 4.36. The number of nitrogens with zero attached hydrogens (tertiary/aromatic N) is 1. The third-order valence-electron chi connectivity index (χ3n) is 3.42. The van der Waals surface area contributed by atoms with Crippen molar-refractivity contribution in [1.82, 2.24) is 9.97 Å². The molecule has 5 nitrogen and oxygen atoms in total. The Morgan fingerprint density at radius 1 is 1.25 bits per heavy atom. The van der Waals surface area contributed by atoms with Gasteiger partial charge in [0.05, 0.1) is 22.0 Å². The van der Waals surface area contributed by atoms with E-state index in [-0.39, 0.29) is 4.90 Å². The van der Waals surface area contributed by atoms with Gasteiger partial charge in [-0.05, 0) is 31.2 Å². The topological polar surface area (TPSA) is 72.1 Å². The van der Waals surface area contributed by atoms with Crippen LogP contribution in [-0.2, 0) is 14.3 Å². The van der Waals surface area contributed by atoms with Crippen LogP contribution < -0.4 is 0 Å². The maximum atomic E-state index is 12.3. The van der Waals surface area contributed by atoms with E-state index in [4.69, 9.17) is 4.18 Å². The number of aromatic nitrogens is 2. The van der Waals surface area contributed by atoms with Crippen LogP contribution in [-0.4, -0.2) is 24.5 Å². The zero-order chi connectivity index (χ0) is 17.2. The molecular weight excluding hydrogens is 324 g/mol. The first-order chi connectivity index (χ1) is 11.5. The lowest BCUT2D eigenvalue weighted by molar-refractivity contribution is 0.275. The molecule has 0 aliphatic rings. The first-order valence-corrected chi connectivity index (χ1v) is 8.75. The average Bonchev–Trinajstić information content (AvgIpc) is 2.98. The molecule has 1 aromatic heterocycles. The second-order valence-electron chi connectivity index (χ2n) is 5.26. The minimum atomic E-state index is -3.88. The van der Waals surface area contributed by atoms with E-state index in [0.717, 1.165) is 5.56 Å². The summed E-state index contributed by atoms with van der Waals surface area (Å²) in [5.41, 5.74) is 4.76. The van der Waals surface area contributed by atoms with Crippen molar-refractivity contribution in [1.29, 1.82) is 0 Å². The molecule has 0 saturated carbocycles. The molecule has 1 heterocycles. The molecule has 0 fully saturated rings. The number of rotatable bonds is 5. The summed E-state index contributed by atoms with van der Waals surface area (Å²) in [5.74, 6) is 0.684. The molecule has 6 heteroatoms. The van der Waals surface area contributed by atoms with Gasteiger partial charge in [-0.25, -0.2) is 4.98 Å². The second kappa shape index (κ2) is 6.45. The molecule has 3 aromatic rings. The van der Waals surface area contributed by atoms with E-state index in [9.17, 15) is 8.42 Å². The summed E-state index contributed by atoms with van der Waals surface area (Å²) < 4.78 is 29.7. The Hall–Kier alpha value is -2.66. The van der Waals surface area contributed by atoms with Gasteiger partial charge in [0.25, 0.3) is 10.1 Å². The van der Waals surface area contributed by atoms with E-state index in [0.29, 0.717) is 16.9 Å². The first kappa shape index (κ1) is 16.2. The largest absolute Gasteiger partial charge is 0.338 e. The number of nitrogens with one attached hydrogen (secondary N) is 1. The summed E-state index contributed by atoms with van der Waals surface area (Å²) in [7, 11) is -3.88. The zero-order valence-electron chi connectivity index (χ0n) is 13.1. The van der Waals surface area contributed by atoms with Gasteiger partial charge in [-0.2, -0.15) is 8.42 Å². The summed E-state index contributed by atoms with van der Waals surface area (Å²) in [6, 6.07) is 14.3. The molecule has 122 valence electrons. The van der Waals surface area contributed by atoms with Gasteiger partial charge in [-0.3, -0.25) is 4.18 Å². The number of hydrogen-bond acceptors (Lipinski definition) is 4. The number of aromatic amines is 1. The van der Waals surface area contributed by atoms with Crippen LogP contribution in [0.5, 0.6) is 0 Å². The Morgan fingerprint density at radius 2 is 2.00 bits per heavy atom. The smallest absolute Gasteiger partial charge is 0.297 e. The van der Waals surface area contributed by atoms with Gasteiger partial charge in [0.15, 0.2) is 0 Å². The number of fused-ring (bicyclic) bond motifs is 1. The van der Waals surface area contributed by atoms with Crippen LogP contribution in [0.25, 0.3) is 22.4 Å². The van der Waals surface area contributed by atoms with Crippen molar-refractivity contribution in [3.63, 3.8) is 0 Å². The summed E-state index contributed by atoms with van der Waals surface area (Å²) >= 11 is 0. The predicted molar refractivity (Wildman–Crippen MR) is 93.0 cm³/mol. The molecule has 0 bridgehead atoms. The van der Waals surface area contributed by atoms with Crippen molar-refractivity contribution in [3.05, 3.63) is 66.9 Å². The molecule has 1 N–H and O–H groups in total. The minimum Gasteiger partial charge on any atom is -0.338 e. The van der Waals surface area contributed by atoms with Crippen molar-refractivity contribution in [2.24, 2.45) is 0 Å². The van der Waals surface area contributed by atoms with Gasteiger partial charge in [0.2, 0.25) is 0 Å². The van der Waals surface area contributed by atoms with Crippen LogP contribution in [0.3, 0.4) is 0 Å². The fourth-order valence-electron chi connectivity index (χ4n) is 2.33. The molecule has 2 aromatic carbocycles. The van der Waals surface area contributed by atoms with E-state index in [1.807, 2.05) is 30.3 Å². The van der Waals surface area contributed by atoms with Crippen LogP contribution in [0.1, 0.15) is 6.92 Å². The molecule has 3 rings (SSSR count). The summed E-state index contributed by atoms with van der Waals surface area (Å²) in [4.78, 5) is 7.69. The molecule has 0 aliphatic heterocycles. The lowest BCUT2D eigenvalue weighted by Crippen LogP contribution is -2.13. The van der Waals surface area contributed by atoms with Gasteiger partial charge in [-0.1, -0.05) is 36.9 Å². The van der Waals surface area contributed by atoms with Crippen LogP contribution in [0.2, 0.25) is 0 Å². The van der Waals surface area contributed by atoms with E-state index in [1.165, 1.54) is 18.2 Å². The SMILES string of the molecule is C=C=CC(C)OS(=O)(=O)c1ccc2nc(-c3ccccc3)[nH]c2c1. The van der Waals surface area contributed by atoms with E-state index >= 15 is 0 Å². The van der Waals surface area contributed by atoms with Crippen LogP contribution in [0.4, 0.5) is 0 Å². The molecule has 0 aliphatic carbocycles. The summed E-state index contributed by atoms with van der Waals surface area (Å²) in [5, 5.41) is 0. The van der Waals surface area contributed by atoms with Gasteiger partial charge >= 0.3 is 0 Å². The van der Waals surface area contributed by atoms with Gasteiger partial charge < -0.3 is 4.98 Å². The predicted octanol–water partition coefficient (Wildman–Crippen LogP) is 3.66. The third kappa shape index (κ3) is 3.31. The zero-order valence-corrected chi connectivity index (χ0v) is 13.9. The van der Waals surface area contributed by atoms with Gasteiger partial charge in [0.1, 0.15) is 5.82 Å². The number of hydrogen-bond donors (Lipinski definition) is 1. The lowest BCUT2D eigenvalue weighted by atomic mass is 10.2. The highest BCUT2D eigenvalue weighted by Crippen LogP contribution is 2.24. The third-order valence-corrected chi connectivity index (χ3v) is 4.81. The maximum Gasteiger partial charge on any atom is 0.297 e. The molecule has 24 heavy (non-hydrogen) atoms. The van der Waals surface area contributed by atoms with Crippen LogP contribution in [0.15, 0.2) is 71.8 Å². The molecule has 0 spiro atoms. The van der Waals surface area contributed by atoms with Crippen molar-refractivity contribution in [3.8, 4) is 11.4 Å². The Morgan fingerprint density at radius 3 is 2.71 bits per heavy atom. The summed E-state index contributed by atoms with van der Waals surface area (Å²) in [6.45, 7) is 5.02. The lowest BCUT2D eigenvalue weighted by Gasteiger charge is -2.08. The fourth-order valence-corrected chi connectivity index (χ4v) is 3.39. The molecule has 0 radical (unpaired) electrons. The van der Waals surface area contributed by atoms with Crippen molar-refractivity contribution in [2.75, 3.05) is 0 Å². The highest BCUT2D eigenvalue weighted by atomic mass is 32.2. The standard InChI is InChI=1S/C18H16N2O3S/c1-3-7-13(2)23-24(21,22)15-10-11-16-17(12-15)20-18(19-16)14-8-5-4-6-9-14/h4-13H,1H2,2H3,(H,19,20). The Bertz CT molecular complexity index is 1020. The van der Waals surface area contributed by atoms with Crippen molar-refractivity contribution < 1.29 is 12.6 Å². The Balaban J connectivity index is 1.98. The van der Waals surface area contributed by atoms with E-state index in [2.05, 4.69) is 22.3 Å². The minimum absolute atomic E-state index is 0.0718. The molecule has 1 unspecified atom stereocenters. The van der Waals surface area contributed by atoms with E-state index < -0.39 is 16.2 Å². The highest BCUT2D eigenvalue weighted by Gasteiger charge is 2.19. The van der Waals surface area contributed by atoms with Crippen molar-refractivity contribution >= 4 is 21.2 Å². The van der Waals surface area contributed by atoms with Crippen LogP contribution in [0, 0.1) is 0 Å². The Labute approximate surface area is 140 Å². The molecular formula is C18H16N2O3S. The number of H-pyrrole nitrogens is 1. The normalized spacial score (nSPS) is 12.7. The van der Waals surface area contributed by atoms with Gasteiger partial charge in [-0.15, -0.1) is 5.73 Å². The van der Waals surface area contributed by atoms with E-state index in [1.54, 1.807) is 13.0 Å². The summed E-state index contributed by atoms with van der Waals surface area (Å²) in [6.07, 6.45) is 0.810.